The molecule has 0 spiro atoms. The molecular formula is C15H22O6. The molecule has 1 aliphatic carbocycles. The first kappa shape index (κ1) is 16.0. The molecule has 118 valence electrons. The molecule has 0 aromatic carbocycles. The van der Waals surface area contributed by atoms with Gasteiger partial charge in [0.25, 0.3) is 0 Å². The number of hydrogen-bond donors (Lipinski definition) is 0. The van der Waals surface area contributed by atoms with E-state index in [2.05, 4.69) is 0 Å². The van der Waals surface area contributed by atoms with Gasteiger partial charge in [-0.2, -0.15) is 0 Å². The quantitative estimate of drug-likeness (QED) is 0.568. The molecule has 21 heavy (non-hydrogen) atoms. The third-order valence-electron chi connectivity index (χ3n) is 3.51. The molecule has 1 unspecified atom stereocenters. The zero-order chi connectivity index (χ0) is 15.2. The van der Waals surface area contributed by atoms with E-state index in [1.807, 2.05) is 0 Å². The third kappa shape index (κ3) is 5.13. The van der Waals surface area contributed by atoms with Crippen LogP contribution < -0.4 is 0 Å². The average Bonchev–Trinajstić information content (AvgIpc) is 2.91. The molecule has 6 heteroatoms. The van der Waals surface area contributed by atoms with E-state index >= 15 is 0 Å². The van der Waals surface area contributed by atoms with Gasteiger partial charge >= 0.3 is 11.9 Å². The fourth-order valence-electron chi connectivity index (χ4n) is 2.55. The fraction of sp³-hybridized carbons (Fsp3) is 0.733. The highest BCUT2D eigenvalue weighted by Crippen LogP contribution is 2.25. The number of carbonyl (C=O) groups is 2. The van der Waals surface area contributed by atoms with Gasteiger partial charge in [-0.15, -0.1) is 0 Å². The maximum Gasteiger partial charge on any atom is 0.303 e. The molecule has 1 fully saturated rings. The highest BCUT2D eigenvalue weighted by molar-refractivity contribution is 5.66. The van der Waals surface area contributed by atoms with Gasteiger partial charge in [0.1, 0.15) is 18.8 Å². The van der Waals surface area contributed by atoms with Crippen LogP contribution in [0.15, 0.2) is 12.2 Å². The maximum atomic E-state index is 11.1. The van der Waals surface area contributed by atoms with E-state index in [-0.39, 0.29) is 12.7 Å². The van der Waals surface area contributed by atoms with Crippen LogP contribution in [0.5, 0.6) is 0 Å². The van der Waals surface area contributed by atoms with Crippen molar-refractivity contribution in [3.05, 3.63) is 12.2 Å². The highest BCUT2D eigenvalue weighted by Gasteiger charge is 2.32. The molecule has 6 nitrogen and oxygen atoms in total. The molecule has 0 aromatic rings. The summed E-state index contributed by atoms with van der Waals surface area (Å²) in [6, 6.07) is 0. The Kier molecular flexibility index (Phi) is 5.76. The first-order valence-electron chi connectivity index (χ1n) is 7.34. The molecule has 0 aromatic heterocycles. The van der Waals surface area contributed by atoms with Gasteiger partial charge in [0.05, 0.1) is 6.10 Å². The van der Waals surface area contributed by atoms with Crippen molar-refractivity contribution in [2.24, 2.45) is 0 Å². The van der Waals surface area contributed by atoms with Crippen molar-refractivity contribution in [1.29, 1.82) is 0 Å². The smallest absolute Gasteiger partial charge is 0.303 e. The Bertz CT molecular complexity index is 399. The normalized spacial score (nSPS) is 29.3. The fourth-order valence-corrected chi connectivity index (χ4v) is 2.55. The van der Waals surface area contributed by atoms with Crippen LogP contribution in [0.25, 0.3) is 0 Å². The number of esters is 2. The molecule has 0 amide bonds. The predicted molar refractivity (Wildman–Crippen MR) is 73.3 cm³/mol. The van der Waals surface area contributed by atoms with Crippen molar-refractivity contribution in [2.45, 2.75) is 64.1 Å². The highest BCUT2D eigenvalue weighted by atomic mass is 16.7. The molecule has 1 aliphatic heterocycles. The van der Waals surface area contributed by atoms with Crippen LogP contribution in [-0.4, -0.2) is 43.1 Å². The molecule has 2 aliphatic rings. The second-order valence-electron chi connectivity index (χ2n) is 5.35. The van der Waals surface area contributed by atoms with Gasteiger partial charge in [-0.1, -0.05) is 12.8 Å². The summed E-state index contributed by atoms with van der Waals surface area (Å²) in [6.45, 7) is 2.69. The minimum absolute atomic E-state index is 0.0299. The molecular weight excluding hydrogens is 276 g/mol. The van der Waals surface area contributed by atoms with Gasteiger partial charge in [-0.05, 0) is 25.0 Å². The lowest BCUT2D eigenvalue weighted by Crippen LogP contribution is -2.42. The van der Waals surface area contributed by atoms with Crippen molar-refractivity contribution < 1.29 is 28.5 Å². The van der Waals surface area contributed by atoms with E-state index in [4.69, 9.17) is 18.9 Å². The lowest BCUT2D eigenvalue weighted by Gasteiger charge is -2.32. The van der Waals surface area contributed by atoms with E-state index in [0.29, 0.717) is 0 Å². The van der Waals surface area contributed by atoms with E-state index < -0.39 is 30.4 Å². The Hall–Kier alpha value is -1.40. The van der Waals surface area contributed by atoms with Crippen molar-refractivity contribution in [3.63, 3.8) is 0 Å². The summed E-state index contributed by atoms with van der Waals surface area (Å²) in [4.78, 5) is 22.0. The second kappa shape index (κ2) is 7.56. The minimum Gasteiger partial charge on any atom is -0.463 e. The SMILES string of the molecule is CC(=O)OC[C@H]1OC(OC2CCCC2)C=C[C@@H]1OC(C)=O. The van der Waals surface area contributed by atoms with Gasteiger partial charge in [-0.25, -0.2) is 0 Å². The van der Waals surface area contributed by atoms with Crippen LogP contribution in [0.4, 0.5) is 0 Å². The Morgan fingerprint density at radius 2 is 1.86 bits per heavy atom. The Morgan fingerprint density at radius 3 is 2.48 bits per heavy atom. The Labute approximate surface area is 124 Å². The van der Waals surface area contributed by atoms with Gasteiger partial charge in [0.2, 0.25) is 0 Å². The largest absolute Gasteiger partial charge is 0.463 e. The Morgan fingerprint density at radius 1 is 1.14 bits per heavy atom. The van der Waals surface area contributed by atoms with Gasteiger partial charge in [0, 0.05) is 13.8 Å². The lowest BCUT2D eigenvalue weighted by atomic mass is 10.1. The Balaban J connectivity index is 1.93. The monoisotopic (exact) mass is 298 g/mol. The van der Waals surface area contributed by atoms with Crippen LogP contribution in [0.3, 0.4) is 0 Å². The van der Waals surface area contributed by atoms with Crippen molar-refractivity contribution >= 4 is 11.9 Å². The number of ether oxygens (including phenoxy) is 4. The lowest BCUT2D eigenvalue weighted by molar-refractivity contribution is -0.208. The number of carbonyl (C=O) groups excluding carboxylic acids is 2. The van der Waals surface area contributed by atoms with E-state index in [1.165, 1.54) is 26.7 Å². The summed E-state index contributed by atoms with van der Waals surface area (Å²) < 4.78 is 21.7. The molecule has 0 N–H and O–H groups in total. The van der Waals surface area contributed by atoms with E-state index in [0.717, 1.165) is 12.8 Å². The van der Waals surface area contributed by atoms with Crippen LogP contribution in [0.2, 0.25) is 0 Å². The summed E-state index contributed by atoms with van der Waals surface area (Å²) >= 11 is 0. The summed E-state index contributed by atoms with van der Waals surface area (Å²) in [5.41, 5.74) is 0. The summed E-state index contributed by atoms with van der Waals surface area (Å²) in [5.74, 6) is -0.806. The number of hydrogen-bond acceptors (Lipinski definition) is 6. The van der Waals surface area contributed by atoms with Crippen LogP contribution in [-0.2, 0) is 28.5 Å². The molecule has 3 atom stereocenters. The van der Waals surface area contributed by atoms with Crippen LogP contribution in [0, 0.1) is 0 Å². The van der Waals surface area contributed by atoms with Crippen LogP contribution >= 0.6 is 0 Å². The summed E-state index contributed by atoms with van der Waals surface area (Å²) in [6.07, 6.45) is 6.52. The van der Waals surface area contributed by atoms with E-state index in [1.54, 1.807) is 12.2 Å². The maximum absolute atomic E-state index is 11.1. The third-order valence-corrected chi connectivity index (χ3v) is 3.51. The molecule has 0 saturated heterocycles. The van der Waals surface area contributed by atoms with Gasteiger partial charge < -0.3 is 18.9 Å². The molecule has 0 radical (unpaired) electrons. The van der Waals surface area contributed by atoms with Crippen molar-refractivity contribution in [2.75, 3.05) is 6.61 Å². The predicted octanol–water partition coefficient (Wildman–Crippen LogP) is 1.72. The molecule has 2 rings (SSSR count). The van der Waals surface area contributed by atoms with Crippen molar-refractivity contribution in [3.8, 4) is 0 Å². The van der Waals surface area contributed by atoms with Gasteiger partial charge in [-0.3, -0.25) is 9.59 Å². The van der Waals surface area contributed by atoms with Crippen LogP contribution in [0.1, 0.15) is 39.5 Å². The average molecular weight is 298 g/mol. The van der Waals surface area contributed by atoms with E-state index in [9.17, 15) is 9.59 Å². The molecule has 1 saturated carbocycles. The zero-order valence-electron chi connectivity index (χ0n) is 12.4. The summed E-state index contributed by atoms with van der Waals surface area (Å²) in [5, 5.41) is 0. The first-order chi connectivity index (χ1) is 10.0. The number of rotatable bonds is 5. The molecule has 0 bridgehead atoms. The topological polar surface area (TPSA) is 71.1 Å². The first-order valence-corrected chi connectivity index (χ1v) is 7.34. The van der Waals surface area contributed by atoms with Gasteiger partial charge in [0.15, 0.2) is 6.29 Å². The zero-order valence-corrected chi connectivity index (χ0v) is 12.4. The minimum atomic E-state index is -0.565. The van der Waals surface area contributed by atoms with Crippen molar-refractivity contribution in [1.82, 2.24) is 0 Å². The summed E-state index contributed by atoms with van der Waals surface area (Å²) in [7, 11) is 0. The second-order valence-corrected chi connectivity index (χ2v) is 5.35. The molecule has 1 heterocycles. The standard InChI is InChI=1S/C15H22O6/c1-10(16)18-9-14-13(19-11(2)17)7-8-15(21-14)20-12-5-3-4-6-12/h7-8,12-15H,3-6,9H2,1-2H3/t13-,14+,15?/m0/s1.